The Morgan fingerprint density at radius 1 is 1.20 bits per heavy atom. The molecule has 20 heavy (non-hydrogen) atoms. The zero-order valence-corrected chi connectivity index (χ0v) is 11.0. The highest BCUT2D eigenvalue weighted by atomic mass is 16.3. The van der Waals surface area contributed by atoms with Crippen molar-refractivity contribution in [3.05, 3.63) is 35.9 Å². The molecule has 0 aliphatic rings. The first kappa shape index (κ1) is 14.2. The number of hydrogen-bond donors (Lipinski definition) is 3. The van der Waals surface area contributed by atoms with Gasteiger partial charge in [-0.25, -0.2) is 4.98 Å². The molecule has 0 atom stereocenters. The van der Waals surface area contributed by atoms with Crippen LogP contribution in [0.3, 0.4) is 0 Å². The van der Waals surface area contributed by atoms with Gasteiger partial charge in [0, 0.05) is 18.5 Å². The Bertz CT molecular complexity index is 610. The first-order chi connectivity index (χ1) is 9.67. The quantitative estimate of drug-likeness (QED) is 0.726. The number of aliphatic hydroxyl groups excluding tert-OH is 2. The van der Waals surface area contributed by atoms with E-state index in [0.717, 1.165) is 0 Å². The van der Waals surface area contributed by atoms with Crippen LogP contribution in [-0.4, -0.2) is 52.3 Å². The summed E-state index contributed by atoms with van der Waals surface area (Å²) in [7, 11) is 0. The molecule has 6 nitrogen and oxygen atoms in total. The maximum atomic E-state index is 12.5. The summed E-state index contributed by atoms with van der Waals surface area (Å²) in [5, 5.41) is 18.7. The molecule has 0 aliphatic heterocycles. The minimum atomic E-state index is -0.279. The highest BCUT2D eigenvalue weighted by Gasteiger charge is 2.18. The summed E-state index contributed by atoms with van der Waals surface area (Å²) in [6.07, 6.45) is 0. The molecule has 0 fully saturated rings. The molecule has 0 saturated carbocycles. The Morgan fingerprint density at radius 3 is 2.50 bits per heavy atom. The molecule has 0 aliphatic carbocycles. The molecule has 4 N–H and O–H groups in total. The molecular weight excluding hydrogens is 258 g/mol. The lowest BCUT2D eigenvalue weighted by Crippen LogP contribution is -2.36. The number of carbonyl (C=O) groups excluding carboxylic acids is 1. The van der Waals surface area contributed by atoms with Crippen LogP contribution in [0.1, 0.15) is 10.4 Å². The fraction of sp³-hybridized carbons (Fsp3) is 0.286. The van der Waals surface area contributed by atoms with E-state index in [9.17, 15) is 4.79 Å². The Balaban J connectivity index is 2.47. The first-order valence-electron chi connectivity index (χ1n) is 6.33. The molecule has 1 heterocycles. The van der Waals surface area contributed by atoms with E-state index in [4.69, 9.17) is 15.9 Å². The molecule has 1 aromatic carbocycles. The van der Waals surface area contributed by atoms with Crippen molar-refractivity contribution in [3.8, 4) is 0 Å². The lowest BCUT2D eigenvalue weighted by molar-refractivity contribution is 0.0687. The maximum Gasteiger partial charge on any atom is 0.254 e. The standard InChI is InChI=1S/C14H17N3O3/c15-13-9-11(10-3-1-2-4-12(10)16-13)14(20)17(5-7-18)6-8-19/h1-4,9,18-19H,5-8H2,(H2,15,16). The number of nitrogens with zero attached hydrogens (tertiary/aromatic N) is 2. The fourth-order valence-corrected chi connectivity index (χ4v) is 2.10. The topological polar surface area (TPSA) is 99.7 Å². The van der Waals surface area contributed by atoms with Crippen LogP contribution >= 0.6 is 0 Å². The molecule has 1 aromatic heterocycles. The van der Waals surface area contributed by atoms with E-state index in [1.54, 1.807) is 12.1 Å². The number of nitrogen functional groups attached to an aromatic ring is 1. The van der Waals surface area contributed by atoms with Gasteiger partial charge < -0.3 is 20.8 Å². The van der Waals surface area contributed by atoms with E-state index in [0.29, 0.717) is 16.5 Å². The van der Waals surface area contributed by atoms with E-state index in [1.807, 2.05) is 12.1 Å². The highest BCUT2D eigenvalue weighted by molar-refractivity contribution is 6.06. The van der Waals surface area contributed by atoms with Gasteiger partial charge in [-0.15, -0.1) is 0 Å². The van der Waals surface area contributed by atoms with Crippen LogP contribution in [0.2, 0.25) is 0 Å². The number of nitrogens with two attached hydrogens (primary N) is 1. The number of aliphatic hydroxyl groups is 2. The molecule has 106 valence electrons. The minimum Gasteiger partial charge on any atom is -0.395 e. The van der Waals surface area contributed by atoms with Gasteiger partial charge in [0.1, 0.15) is 5.82 Å². The van der Waals surface area contributed by atoms with Crippen molar-refractivity contribution in [2.45, 2.75) is 0 Å². The van der Waals surface area contributed by atoms with E-state index in [-0.39, 0.29) is 38.0 Å². The van der Waals surface area contributed by atoms with Gasteiger partial charge in [-0.1, -0.05) is 18.2 Å². The van der Waals surface area contributed by atoms with Gasteiger partial charge in [-0.05, 0) is 12.1 Å². The molecule has 0 spiro atoms. The van der Waals surface area contributed by atoms with Crippen LogP contribution < -0.4 is 5.73 Å². The van der Waals surface area contributed by atoms with Crippen molar-refractivity contribution < 1.29 is 15.0 Å². The monoisotopic (exact) mass is 275 g/mol. The van der Waals surface area contributed by atoms with Crippen LogP contribution in [0.15, 0.2) is 30.3 Å². The van der Waals surface area contributed by atoms with Crippen LogP contribution in [0.25, 0.3) is 10.9 Å². The normalized spacial score (nSPS) is 10.7. The zero-order valence-electron chi connectivity index (χ0n) is 11.0. The van der Waals surface area contributed by atoms with Gasteiger partial charge in [-0.2, -0.15) is 0 Å². The summed E-state index contributed by atoms with van der Waals surface area (Å²) in [4.78, 5) is 18.1. The second-order valence-corrected chi connectivity index (χ2v) is 4.35. The number of hydrogen-bond acceptors (Lipinski definition) is 5. The van der Waals surface area contributed by atoms with Gasteiger partial charge in [0.2, 0.25) is 0 Å². The van der Waals surface area contributed by atoms with E-state index in [2.05, 4.69) is 4.98 Å². The average Bonchev–Trinajstić information content (AvgIpc) is 2.45. The molecule has 6 heteroatoms. The number of carbonyl (C=O) groups is 1. The molecule has 0 radical (unpaired) electrons. The average molecular weight is 275 g/mol. The third kappa shape index (κ3) is 2.87. The van der Waals surface area contributed by atoms with Crippen LogP contribution in [0.5, 0.6) is 0 Å². The number of para-hydroxylation sites is 1. The van der Waals surface area contributed by atoms with E-state index in [1.165, 1.54) is 11.0 Å². The van der Waals surface area contributed by atoms with Crippen molar-refractivity contribution in [2.75, 3.05) is 32.0 Å². The molecule has 1 amide bonds. The summed E-state index contributed by atoms with van der Waals surface area (Å²) >= 11 is 0. The summed E-state index contributed by atoms with van der Waals surface area (Å²) in [5.74, 6) is -0.0154. The van der Waals surface area contributed by atoms with Crippen LogP contribution in [0.4, 0.5) is 5.82 Å². The third-order valence-corrected chi connectivity index (χ3v) is 2.99. The van der Waals surface area contributed by atoms with E-state index < -0.39 is 0 Å². The number of rotatable bonds is 5. The molecular formula is C14H17N3O3. The Labute approximate surface area is 116 Å². The van der Waals surface area contributed by atoms with Crippen molar-refractivity contribution in [3.63, 3.8) is 0 Å². The van der Waals surface area contributed by atoms with Crippen molar-refractivity contribution in [1.29, 1.82) is 0 Å². The number of pyridine rings is 1. The minimum absolute atomic E-state index is 0.162. The lowest BCUT2D eigenvalue weighted by Gasteiger charge is -2.21. The number of amides is 1. The second-order valence-electron chi connectivity index (χ2n) is 4.35. The van der Waals surface area contributed by atoms with Crippen molar-refractivity contribution >= 4 is 22.6 Å². The molecule has 0 bridgehead atoms. The van der Waals surface area contributed by atoms with Gasteiger partial charge in [0.05, 0.1) is 24.3 Å². The number of fused-ring (bicyclic) bond motifs is 1. The van der Waals surface area contributed by atoms with Crippen molar-refractivity contribution in [2.24, 2.45) is 0 Å². The lowest BCUT2D eigenvalue weighted by atomic mass is 10.1. The number of benzene rings is 1. The van der Waals surface area contributed by atoms with Gasteiger partial charge in [-0.3, -0.25) is 4.79 Å². The first-order valence-corrected chi connectivity index (χ1v) is 6.33. The van der Waals surface area contributed by atoms with Crippen LogP contribution in [-0.2, 0) is 0 Å². The number of anilines is 1. The van der Waals surface area contributed by atoms with Crippen molar-refractivity contribution in [1.82, 2.24) is 9.88 Å². The maximum absolute atomic E-state index is 12.5. The van der Waals surface area contributed by atoms with Gasteiger partial charge in [0.25, 0.3) is 5.91 Å². The zero-order chi connectivity index (χ0) is 14.5. The number of aromatic nitrogens is 1. The Hall–Kier alpha value is -2.18. The molecule has 2 rings (SSSR count). The van der Waals surface area contributed by atoms with Gasteiger partial charge >= 0.3 is 0 Å². The van der Waals surface area contributed by atoms with Crippen LogP contribution in [0, 0.1) is 0 Å². The Kier molecular flexibility index (Phi) is 4.49. The molecule has 0 unspecified atom stereocenters. The summed E-state index contributed by atoms with van der Waals surface area (Å²) in [5.41, 5.74) is 6.80. The predicted molar refractivity (Wildman–Crippen MR) is 76.2 cm³/mol. The highest BCUT2D eigenvalue weighted by Crippen LogP contribution is 2.20. The largest absolute Gasteiger partial charge is 0.395 e. The van der Waals surface area contributed by atoms with E-state index >= 15 is 0 Å². The predicted octanol–water partition coefficient (Wildman–Crippen LogP) is 0.244. The summed E-state index contributed by atoms with van der Waals surface area (Å²) < 4.78 is 0. The van der Waals surface area contributed by atoms with Gasteiger partial charge in [0.15, 0.2) is 0 Å². The molecule has 2 aromatic rings. The second kappa shape index (κ2) is 6.31. The Morgan fingerprint density at radius 2 is 1.85 bits per heavy atom. The SMILES string of the molecule is Nc1cc(C(=O)N(CCO)CCO)c2ccccc2n1. The fourth-order valence-electron chi connectivity index (χ4n) is 2.10. The third-order valence-electron chi connectivity index (χ3n) is 2.99. The summed E-state index contributed by atoms with van der Waals surface area (Å²) in [6, 6.07) is 8.74. The smallest absolute Gasteiger partial charge is 0.254 e. The molecule has 0 saturated heterocycles. The summed E-state index contributed by atoms with van der Waals surface area (Å²) in [6.45, 7) is 0.000369.